The summed E-state index contributed by atoms with van der Waals surface area (Å²) < 4.78 is 0.334. The molecule has 0 aliphatic heterocycles. The molecule has 1 aromatic rings. The van der Waals surface area contributed by atoms with Gasteiger partial charge in [-0.2, -0.15) is 11.8 Å². The molecule has 1 unspecified atom stereocenters. The van der Waals surface area contributed by atoms with E-state index in [9.17, 15) is 0 Å². The Morgan fingerprint density at radius 3 is 2.47 bits per heavy atom. The average molecular weight is 301 g/mol. The molecule has 1 aromatic heterocycles. The SMILES string of the molecule is CCCNC(CSC(C)(C)C)Cc1nc(C)c(C)s1. The molecule has 19 heavy (non-hydrogen) atoms. The fourth-order valence-corrected chi connectivity index (χ4v) is 3.68. The van der Waals surface area contributed by atoms with Gasteiger partial charge >= 0.3 is 0 Å². The molecule has 0 saturated heterocycles. The van der Waals surface area contributed by atoms with E-state index in [1.807, 2.05) is 23.1 Å². The minimum absolute atomic E-state index is 0.334. The predicted octanol–water partition coefficient (Wildman–Crippen LogP) is 4.20. The number of aromatic nitrogens is 1. The van der Waals surface area contributed by atoms with Crippen LogP contribution >= 0.6 is 23.1 Å². The van der Waals surface area contributed by atoms with Crippen LogP contribution in [0.1, 0.15) is 49.7 Å². The Morgan fingerprint density at radius 2 is 2.00 bits per heavy atom. The Balaban J connectivity index is 2.58. The first kappa shape index (κ1) is 17.0. The van der Waals surface area contributed by atoms with Gasteiger partial charge in [-0.05, 0) is 26.8 Å². The summed E-state index contributed by atoms with van der Waals surface area (Å²) in [5, 5.41) is 4.94. The van der Waals surface area contributed by atoms with Gasteiger partial charge in [0.25, 0.3) is 0 Å². The largest absolute Gasteiger partial charge is 0.313 e. The lowest BCUT2D eigenvalue weighted by Crippen LogP contribution is -2.35. The zero-order chi connectivity index (χ0) is 14.5. The van der Waals surface area contributed by atoms with Gasteiger partial charge in [-0.3, -0.25) is 0 Å². The van der Waals surface area contributed by atoms with Crippen molar-refractivity contribution in [1.82, 2.24) is 10.3 Å². The molecule has 0 spiro atoms. The minimum Gasteiger partial charge on any atom is -0.313 e. The van der Waals surface area contributed by atoms with E-state index >= 15 is 0 Å². The van der Waals surface area contributed by atoms with Crippen molar-refractivity contribution in [3.63, 3.8) is 0 Å². The van der Waals surface area contributed by atoms with E-state index in [4.69, 9.17) is 0 Å². The zero-order valence-corrected chi connectivity index (χ0v) is 14.8. The number of hydrogen-bond donors (Lipinski definition) is 1. The molecule has 0 radical (unpaired) electrons. The Bertz CT molecular complexity index is 360. The molecule has 0 bridgehead atoms. The molecule has 0 amide bonds. The van der Waals surface area contributed by atoms with Crippen molar-refractivity contribution in [2.75, 3.05) is 12.3 Å². The standard InChI is InChI=1S/C15H28N2S2/c1-7-8-16-13(10-18-15(4,5)6)9-14-17-11(2)12(3)19-14/h13,16H,7-10H2,1-6H3. The molecule has 2 nitrogen and oxygen atoms in total. The third-order valence-corrected chi connectivity index (χ3v) is 5.42. The van der Waals surface area contributed by atoms with Crippen molar-refractivity contribution in [2.45, 2.75) is 65.2 Å². The van der Waals surface area contributed by atoms with Crippen molar-refractivity contribution in [3.8, 4) is 0 Å². The first-order valence-corrected chi connectivity index (χ1v) is 8.92. The van der Waals surface area contributed by atoms with E-state index in [2.05, 4.69) is 51.8 Å². The molecule has 1 N–H and O–H groups in total. The van der Waals surface area contributed by atoms with Crippen LogP contribution in [0, 0.1) is 13.8 Å². The average Bonchev–Trinajstić information content (AvgIpc) is 2.61. The van der Waals surface area contributed by atoms with E-state index in [1.54, 1.807) is 0 Å². The number of rotatable bonds is 7. The van der Waals surface area contributed by atoms with Crippen LogP contribution in [-0.4, -0.2) is 28.1 Å². The lowest BCUT2D eigenvalue weighted by Gasteiger charge is -2.23. The number of nitrogens with one attached hydrogen (secondary N) is 1. The van der Waals surface area contributed by atoms with Gasteiger partial charge in [0.2, 0.25) is 0 Å². The van der Waals surface area contributed by atoms with Crippen LogP contribution < -0.4 is 5.32 Å². The van der Waals surface area contributed by atoms with E-state index in [-0.39, 0.29) is 0 Å². The Kier molecular flexibility index (Phi) is 6.84. The molecule has 1 atom stereocenters. The molecular formula is C15H28N2S2. The van der Waals surface area contributed by atoms with Gasteiger partial charge in [0.1, 0.15) is 0 Å². The fourth-order valence-electron chi connectivity index (χ4n) is 1.73. The van der Waals surface area contributed by atoms with Crippen molar-refractivity contribution in [2.24, 2.45) is 0 Å². The summed E-state index contributed by atoms with van der Waals surface area (Å²) in [6.45, 7) is 14.4. The number of hydrogen-bond acceptors (Lipinski definition) is 4. The quantitative estimate of drug-likeness (QED) is 0.817. The Hall–Kier alpha value is -0.0600. The molecule has 0 aromatic carbocycles. The molecule has 0 fully saturated rings. The zero-order valence-electron chi connectivity index (χ0n) is 13.2. The highest BCUT2D eigenvalue weighted by Crippen LogP contribution is 2.25. The summed E-state index contributed by atoms with van der Waals surface area (Å²) in [6.07, 6.45) is 2.25. The van der Waals surface area contributed by atoms with Crippen molar-refractivity contribution >= 4 is 23.1 Å². The topological polar surface area (TPSA) is 24.9 Å². The third kappa shape index (κ3) is 6.77. The summed E-state index contributed by atoms with van der Waals surface area (Å²) in [4.78, 5) is 6.03. The van der Waals surface area contributed by atoms with Gasteiger partial charge in [-0.15, -0.1) is 11.3 Å². The van der Waals surface area contributed by atoms with Crippen LogP contribution in [0.25, 0.3) is 0 Å². The molecule has 4 heteroatoms. The highest BCUT2D eigenvalue weighted by atomic mass is 32.2. The maximum Gasteiger partial charge on any atom is 0.0946 e. The van der Waals surface area contributed by atoms with Crippen LogP contribution in [0.15, 0.2) is 0 Å². The summed E-state index contributed by atoms with van der Waals surface area (Å²) in [7, 11) is 0. The molecule has 0 aliphatic rings. The molecule has 1 heterocycles. The van der Waals surface area contributed by atoms with E-state index in [1.165, 1.54) is 22.0 Å². The van der Waals surface area contributed by atoms with Crippen LogP contribution in [0.5, 0.6) is 0 Å². The molecule has 0 saturated carbocycles. The van der Waals surface area contributed by atoms with Crippen molar-refractivity contribution in [3.05, 3.63) is 15.6 Å². The van der Waals surface area contributed by atoms with Crippen LogP contribution in [0.3, 0.4) is 0 Å². The van der Waals surface area contributed by atoms with Crippen LogP contribution in [0.4, 0.5) is 0 Å². The van der Waals surface area contributed by atoms with Crippen molar-refractivity contribution < 1.29 is 0 Å². The van der Waals surface area contributed by atoms with Gasteiger partial charge in [0.15, 0.2) is 0 Å². The highest BCUT2D eigenvalue weighted by Gasteiger charge is 2.17. The smallest absolute Gasteiger partial charge is 0.0946 e. The van der Waals surface area contributed by atoms with Gasteiger partial charge in [-0.1, -0.05) is 27.7 Å². The molecule has 110 valence electrons. The molecule has 0 aliphatic carbocycles. The Labute approximate surface area is 126 Å². The van der Waals surface area contributed by atoms with Crippen LogP contribution in [-0.2, 0) is 6.42 Å². The molecule has 1 rings (SSSR count). The number of aryl methyl sites for hydroxylation is 2. The first-order chi connectivity index (χ1) is 8.81. The fraction of sp³-hybridized carbons (Fsp3) is 0.800. The maximum atomic E-state index is 4.67. The first-order valence-electron chi connectivity index (χ1n) is 7.12. The monoisotopic (exact) mass is 300 g/mol. The van der Waals surface area contributed by atoms with Gasteiger partial charge in [0.05, 0.1) is 10.7 Å². The highest BCUT2D eigenvalue weighted by molar-refractivity contribution is 8.00. The van der Waals surface area contributed by atoms with E-state index in [0.29, 0.717) is 10.8 Å². The van der Waals surface area contributed by atoms with Gasteiger partial charge in [-0.25, -0.2) is 4.98 Å². The minimum atomic E-state index is 0.334. The number of thioether (sulfide) groups is 1. The second-order valence-corrected chi connectivity index (χ2v) is 9.16. The predicted molar refractivity (Wildman–Crippen MR) is 89.6 cm³/mol. The summed E-state index contributed by atoms with van der Waals surface area (Å²) in [5.74, 6) is 1.15. The lowest BCUT2D eigenvalue weighted by molar-refractivity contribution is 0.547. The van der Waals surface area contributed by atoms with E-state index < -0.39 is 0 Å². The number of thiazole rings is 1. The maximum absolute atomic E-state index is 4.67. The normalized spacial score (nSPS) is 13.8. The van der Waals surface area contributed by atoms with Gasteiger partial charge in [0, 0.05) is 27.8 Å². The molecular weight excluding hydrogens is 272 g/mol. The summed E-state index contributed by atoms with van der Waals surface area (Å²) in [6, 6.07) is 0.536. The van der Waals surface area contributed by atoms with Crippen molar-refractivity contribution in [1.29, 1.82) is 0 Å². The van der Waals surface area contributed by atoms with Crippen LogP contribution in [0.2, 0.25) is 0 Å². The lowest BCUT2D eigenvalue weighted by atomic mass is 10.2. The third-order valence-electron chi connectivity index (χ3n) is 2.89. The second-order valence-electron chi connectivity index (χ2n) is 6.03. The summed E-state index contributed by atoms with van der Waals surface area (Å²) >= 11 is 3.89. The Morgan fingerprint density at radius 1 is 1.32 bits per heavy atom. The van der Waals surface area contributed by atoms with E-state index in [0.717, 1.165) is 18.7 Å². The summed E-state index contributed by atoms with van der Waals surface area (Å²) in [5.41, 5.74) is 1.19. The number of nitrogens with zero attached hydrogens (tertiary/aromatic N) is 1. The van der Waals surface area contributed by atoms with Gasteiger partial charge < -0.3 is 5.32 Å². The second kappa shape index (κ2) is 7.65.